The van der Waals surface area contributed by atoms with E-state index >= 15 is 0 Å². The average molecular weight is 242 g/mol. The molecule has 0 radical (unpaired) electrons. The van der Waals surface area contributed by atoms with Gasteiger partial charge in [-0.15, -0.1) is 0 Å². The van der Waals surface area contributed by atoms with Crippen molar-refractivity contribution >= 4 is 21.4 Å². The maximum Gasteiger partial charge on any atom is 0.340 e. The molecule has 6 heteroatoms. The lowest BCUT2D eigenvalue weighted by atomic mass is 10.1. The van der Waals surface area contributed by atoms with Gasteiger partial charge in [0.25, 0.3) is 0 Å². The number of rotatable bonds is 4. The molecule has 1 aromatic carbocycles. The van der Waals surface area contributed by atoms with Gasteiger partial charge in [0.2, 0.25) is 0 Å². The first-order chi connectivity index (χ1) is 7.69. The van der Waals surface area contributed by atoms with E-state index in [-0.39, 0.29) is 13.2 Å². The third-order valence-electron chi connectivity index (χ3n) is 1.79. The summed E-state index contributed by atoms with van der Waals surface area (Å²) < 4.78 is 9.12. The predicted octanol–water partition coefficient (Wildman–Crippen LogP) is 0.783. The highest BCUT2D eigenvalue weighted by atomic mass is 31.0. The van der Waals surface area contributed by atoms with Gasteiger partial charge in [0.1, 0.15) is 6.61 Å². The van der Waals surface area contributed by atoms with Crippen LogP contribution in [0, 0.1) is 0 Å². The molecule has 1 unspecified atom stereocenters. The zero-order valence-corrected chi connectivity index (χ0v) is 9.54. The summed E-state index contributed by atoms with van der Waals surface area (Å²) in [7, 11) is 1.85. The molecule has 1 atom stereocenters. The topological polar surface area (TPSA) is 72.8 Å². The second kappa shape index (κ2) is 6.20. The van der Waals surface area contributed by atoms with E-state index in [1.165, 1.54) is 24.3 Å². The van der Waals surface area contributed by atoms with Crippen LogP contribution in [0.5, 0.6) is 0 Å². The average Bonchev–Trinajstić information content (AvgIpc) is 2.35. The molecule has 0 heterocycles. The van der Waals surface area contributed by atoms with Gasteiger partial charge in [0.05, 0.1) is 27.2 Å². The van der Waals surface area contributed by atoms with Crippen LogP contribution in [0.1, 0.15) is 20.7 Å². The number of carbonyl (C=O) groups is 2. The molecule has 1 aromatic rings. The fourth-order valence-electron chi connectivity index (χ4n) is 1.03. The van der Waals surface area contributed by atoms with Gasteiger partial charge in [-0.05, 0) is 24.3 Å². The molecule has 0 aliphatic rings. The van der Waals surface area contributed by atoms with Crippen LogP contribution < -0.4 is 0 Å². The van der Waals surface area contributed by atoms with E-state index in [2.05, 4.69) is 4.52 Å². The standard InChI is InChI=1S/C10H11O5P/c11-5-6-14-9(12)7-1-3-8(4-2-7)10(13)15-16/h1-4,11H,5-6,16H2. The van der Waals surface area contributed by atoms with Gasteiger partial charge < -0.3 is 14.4 Å². The Balaban J connectivity index is 2.71. The van der Waals surface area contributed by atoms with Gasteiger partial charge in [-0.2, -0.15) is 0 Å². The minimum atomic E-state index is -0.542. The number of benzene rings is 1. The first kappa shape index (κ1) is 12.6. The monoisotopic (exact) mass is 242 g/mol. The van der Waals surface area contributed by atoms with Crippen LogP contribution in [0.15, 0.2) is 24.3 Å². The lowest BCUT2D eigenvalue weighted by Crippen LogP contribution is -2.09. The Hall–Kier alpha value is -1.45. The lowest BCUT2D eigenvalue weighted by Gasteiger charge is -2.03. The smallest absolute Gasteiger partial charge is 0.340 e. The van der Waals surface area contributed by atoms with Crippen molar-refractivity contribution in [3.8, 4) is 0 Å². The second-order valence-electron chi connectivity index (χ2n) is 2.84. The Bertz CT molecular complexity index is 373. The van der Waals surface area contributed by atoms with Crippen molar-refractivity contribution in [2.45, 2.75) is 0 Å². The van der Waals surface area contributed by atoms with Crippen LogP contribution in [-0.2, 0) is 9.26 Å². The van der Waals surface area contributed by atoms with Crippen LogP contribution in [0.3, 0.4) is 0 Å². The third-order valence-corrected chi connectivity index (χ3v) is 2.00. The van der Waals surface area contributed by atoms with E-state index in [9.17, 15) is 9.59 Å². The molecule has 0 bridgehead atoms. The molecule has 0 aliphatic heterocycles. The van der Waals surface area contributed by atoms with E-state index in [4.69, 9.17) is 9.84 Å². The third kappa shape index (κ3) is 3.29. The van der Waals surface area contributed by atoms with Crippen molar-refractivity contribution in [1.29, 1.82) is 0 Å². The van der Waals surface area contributed by atoms with E-state index < -0.39 is 11.9 Å². The molecular weight excluding hydrogens is 231 g/mol. The summed E-state index contributed by atoms with van der Waals surface area (Å²) in [4.78, 5) is 22.4. The van der Waals surface area contributed by atoms with Gasteiger partial charge in [-0.3, -0.25) is 0 Å². The van der Waals surface area contributed by atoms with Crippen molar-refractivity contribution in [1.82, 2.24) is 0 Å². The molecule has 0 saturated heterocycles. The summed E-state index contributed by atoms with van der Waals surface area (Å²) in [5, 5.41) is 8.47. The fourth-order valence-corrected chi connectivity index (χ4v) is 1.17. The number of ether oxygens (including phenoxy) is 1. The molecule has 0 spiro atoms. The van der Waals surface area contributed by atoms with Gasteiger partial charge in [-0.25, -0.2) is 9.59 Å². The van der Waals surface area contributed by atoms with Crippen LogP contribution >= 0.6 is 9.47 Å². The van der Waals surface area contributed by atoms with Crippen LogP contribution in [-0.4, -0.2) is 30.3 Å². The summed E-state index contributed by atoms with van der Waals surface area (Å²) in [6.45, 7) is -0.266. The SMILES string of the molecule is O=C(OP)c1ccc(C(=O)OCCO)cc1. The first-order valence-corrected chi connectivity index (χ1v) is 4.95. The van der Waals surface area contributed by atoms with E-state index in [0.29, 0.717) is 11.1 Å². The highest BCUT2D eigenvalue weighted by Crippen LogP contribution is 2.08. The van der Waals surface area contributed by atoms with Crippen molar-refractivity contribution in [2.24, 2.45) is 0 Å². The van der Waals surface area contributed by atoms with Crippen molar-refractivity contribution in [3.63, 3.8) is 0 Å². The number of esters is 1. The molecule has 0 aliphatic carbocycles. The highest BCUT2D eigenvalue weighted by Gasteiger charge is 2.09. The number of carbonyl (C=O) groups excluding carboxylic acids is 2. The zero-order valence-electron chi connectivity index (χ0n) is 8.38. The fraction of sp³-hybridized carbons (Fsp3) is 0.200. The first-order valence-electron chi connectivity index (χ1n) is 4.48. The van der Waals surface area contributed by atoms with E-state index in [1.807, 2.05) is 9.47 Å². The van der Waals surface area contributed by atoms with E-state index in [1.54, 1.807) is 0 Å². The van der Waals surface area contributed by atoms with Crippen molar-refractivity contribution < 1.29 is 24.0 Å². The highest BCUT2D eigenvalue weighted by molar-refractivity contribution is 7.10. The largest absolute Gasteiger partial charge is 0.460 e. The maximum absolute atomic E-state index is 11.3. The lowest BCUT2D eigenvalue weighted by molar-refractivity contribution is 0.0433. The molecule has 0 amide bonds. The minimum Gasteiger partial charge on any atom is -0.460 e. The zero-order chi connectivity index (χ0) is 12.0. The molecule has 0 aromatic heterocycles. The molecule has 86 valence electrons. The van der Waals surface area contributed by atoms with Crippen LogP contribution in [0.2, 0.25) is 0 Å². The second-order valence-corrected chi connectivity index (χ2v) is 3.08. The Kier molecular flexibility index (Phi) is 4.89. The molecule has 16 heavy (non-hydrogen) atoms. The van der Waals surface area contributed by atoms with Gasteiger partial charge in [-0.1, -0.05) is 0 Å². The van der Waals surface area contributed by atoms with Gasteiger partial charge in [0, 0.05) is 0 Å². The molecule has 1 N–H and O–H groups in total. The quantitative estimate of drug-likeness (QED) is 0.624. The number of hydrogen-bond donors (Lipinski definition) is 1. The summed E-state index contributed by atoms with van der Waals surface area (Å²) in [5.41, 5.74) is 0.655. The van der Waals surface area contributed by atoms with Crippen molar-refractivity contribution in [2.75, 3.05) is 13.2 Å². The summed E-state index contributed by atoms with van der Waals surface area (Å²) in [5.74, 6) is -1.04. The Morgan fingerprint density at radius 1 is 1.12 bits per heavy atom. The molecule has 0 fully saturated rings. The Morgan fingerprint density at radius 3 is 2.06 bits per heavy atom. The molecule has 5 nitrogen and oxygen atoms in total. The van der Waals surface area contributed by atoms with Crippen LogP contribution in [0.25, 0.3) is 0 Å². The summed E-state index contributed by atoms with van der Waals surface area (Å²) in [6.07, 6.45) is 0. The normalized spacial score (nSPS) is 9.62. The minimum absolute atomic E-state index is 0.0474. The summed E-state index contributed by atoms with van der Waals surface area (Å²) >= 11 is 0. The Morgan fingerprint density at radius 2 is 1.62 bits per heavy atom. The van der Waals surface area contributed by atoms with Crippen molar-refractivity contribution in [3.05, 3.63) is 35.4 Å². The molecule has 1 rings (SSSR count). The van der Waals surface area contributed by atoms with Crippen LogP contribution in [0.4, 0.5) is 0 Å². The van der Waals surface area contributed by atoms with E-state index in [0.717, 1.165) is 0 Å². The number of aliphatic hydroxyl groups is 1. The molecular formula is C10H11O5P. The van der Waals surface area contributed by atoms with Gasteiger partial charge in [0.15, 0.2) is 0 Å². The maximum atomic E-state index is 11.3. The molecule has 0 saturated carbocycles. The van der Waals surface area contributed by atoms with Gasteiger partial charge >= 0.3 is 11.9 Å². The Labute approximate surface area is 94.7 Å². The predicted molar refractivity (Wildman–Crippen MR) is 58.9 cm³/mol. The summed E-state index contributed by atoms with van der Waals surface area (Å²) in [6, 6.07) is 5.83. The number of aliphatic hydroxyl groups excluding tert-OH is 1. The number of hydrogen-bond acceptors (Lipinski definition) is 5.